The number of nitrogens with one attached hydrogen (secondary N) is 2. The highest BCUT2D eigenvalue weighted by molar-refractivity contribution is 5.74. The van der Waals surface area contributed by atoms with Crippen LogP contribution in [0.25, 0.3) is 0 Å². The minimum absolute atomic E-state index is 0.000509. The van der Waals surface area contributed by atoms with Gasteiger partial charge in [0.25, 0.3) is 0 Å². The summed E-state index contributed by atoms with van der Waals surface area (Å²) >= 11 is 0. The van der Waals surface area contributed by atoms with Gasteiger partial charge in [-0.25, -0.2) is 9.18 Å². The molecule has 0 radical (unpaired) electrons. The Hall–Kier alpha value is -1.62. The van der Waals surface area contributed by atoms with Crippen LogP contribution in [0.5, 0.6) is 0 Å². The fraction of sp³-hybridized carbons (Fsp3) is 0.500. The molecule has 0 aliphatic heterocycles. The summed E-state index contributed by atoms with van der Waals surface area (Å²) < 4.78 is 13.4. The molecule has 5 heteroatoms. The smallest absolute Gasteiger partial charge is 0.315 e. The van der Waals surface area contributed by atoms with Gasteiger partial charge in [0.05, 0.1) is 6.10 Å². The normalized spacial score (nSPS) is 17.2. The molecule has 1 aromatic carbocycles. The second-order valence-electron chi connectivity index (χ2n) is 4.87. The van der Waals surface area contributed by atoms with E-state index >= 15 is 0 Å². The molecule has 1 aliphatic rings. The van der Waals surface area contributed by atoms with Crippen LogP contribution in [0.2, 0.25) is 0 Å². The highest BCUT2D eigenvalue weighted by atomic mass is 19.1. The van der Waals surface area contributed by atoms with Crippen molar-refractivity contribution in [3.05, 3.63) is 35.6 Å². The molecule has 19 heavy (non-hydrogen) atoms. The van der Waals surface area contributed by atoms with Crippen LogP contribution < -0.4 is 10.6 Å². The van der Waals surface area contributed by atoms with Crippen molar-refractivity contribution in [2.24, 2.45) is 0 Å². The van der Waals surface area contributed by atoms with Crippen molar-refractivity contribution in [3.63, 3.8) is 0 Å². The molecule has 0 aromatic heterocycles. The first-order chi connectivity index (χ1) is 9.16. The summed E-state index contributed by atoms with van der Waals surface area (Å²) in [6.45, 7) is -0.000509. The minimum Gasteiger partial charge on any atom is -0.386 e. The standard InChI is InChI=1S/C14H19FN2O2/c15-12-8-4-3-7-11(12)13(18)9-16-14(19)17-10-5-1-2-6-10/h3-4,7-8,10,13,18H,1-2,5-6,9H2,(H2,16,17,19)/t13-/m0/s1. The Kier molecular flexibility index (Phi) is 4.74. The molecule has 1 aliphatic carbocycles. The molecule has 0 spiro atoms. The van der Waals surface area contributed by atoms with Crippen molar-refractivity contribution in [1.82, 2.24) is 10.6 Å². The van der Waals surface area contributed by atoms with E-state index in [1.54, 1.807) is 12.1 Å². The van der Waals surface area contributed by atoms with Crippen LogP contribution in [0, 0.1) is 5.82 Å². The number of amides is 2. The van der Waals surface area contributed by atoms with E-state index in [-0.39, 0.29) is 24.2 Å². The predicted octanol–water partition coefficient (Wildman–Crippen LogP) is 2.10. The van der Waals surface area contributed by atoms with Crippen molar-refractivity contribution in [3.8, 4) is 0 Å². The third-order valence-corrected chi connectivity index (χ3v) is 3.41. The Balaban J connectivity index is 1.78. The summed E-state index contributed by atoms with van der Waals surface area (Å²) in [5.41, 5.74) is 0.198. The second kappa shape index (κ2) is 6.52. The molecule has 1 aromatic rings. The summed E-state index contributed by atoms with van der Waals surface area (Å²) in [5, 5.41) is 15.2. The van der Waals surface area contributed by atoms with Gasteiger partial charge in [-0.05, 0) is 18.9 Å². The molecule has 4 nitrogen and oxygen atoms in total. The zero-order valence-corrected chi connectivity index (χ0v) is 10.7. The first kappa shape index (κ1) is 13.8. The summed E-state index contributed by atoms with van der Waals surface area (Å²) in [5.74, 6) is -0.465. The molecule has 2 amide bonds. The maximum Gasteiger partial charge on any atom is 0.315 e. The van der Waals surface area contributed by atoms with Crippen LogP contribution in [0.3, 0.4) is 0 Å². The molecule has 1 saturated carbocycles. The third kappa shape index (κ3) is 3.92. The lowest BCUT2D eigenvalue weighted by atomic mass is 10.1. The van der Waals surface area contributed by atoms with E-state index in [0.29, 0.717) is 0 Å². The van der Waals surface area contributed by atoms with Crippen LogP contribution in [0.4, 0.5) is 9.18 Å². The zero-order valence-electron chi connectivity index (χ0n) is 10.7. The number of halogens is 1. The summed E-state index contributed by atoms with van der Waals surface area (Å²) in [6, 6.07) is 5.94. The number of hydrogen-bond acceptors (Lipinski definition) is 2. The van der Waals surface area contributed by atoms with Crippen LogP contribution in [-0.4, -0.2) is 23.7 Å². The van der Waals surface area contributed by atoms with Gasteiger partial charge in [0.15, 0.2) is 0 Å². The van der Waals surface area contributed by atoms with E-state index in [2.05, 4.69) is 10.6 Å². The number of aliphatic hydroxyl groups excluding tert-OH is 1. The van der Waals surface area contributed by atoms with Crippen molar-refractivity contribution in [1.29, 1.82) is 0 Å². The van der Waals surface area contributed by atoms with Gasteiger partial charge in [-0.1, -0.05) is 31.0 Å². The Labute approximate surface area is 112 Å². The molecule has 0 bridgehead atoms. The summed E-state index contributed by atoms with van der Waals surface area (Å²) in [7, 11) is 0. The van der Waals surface area contributed by atoms with Gasteiger partial charge in [0.2, 0.25) is 0 Å². The predicted molar refractivity (Wildman–Crippen MR) is 70.2 cm³/mol. The summed E-state index contributed by atoms with van der Waals surface area (Å²) in [6.07, 6.45) is 3.26. The number of carbonyl (C=O) groups excluding carboxylic acids is 1. The van der Waals surface area contributed by atoms with Gasteiger partial charge >= 0.3 is 6.03 Å². The lowest BCUT2D eigenvalue weighted by molar-refractivity contribution is 0.168. The Morgan fingerprint density at radius 2 is 2.05 bits per heavy atom. The number of hydrogen-bond donors (Lipinski definition) is 3. The molecular weight excluding hydrogens is 247 g/mol. The van der Waals surface area contributed by atoms with E-state index in [0.717, 1.165) is 25.7 Å². The number of urea groups is 1. The molecular formula is C14H19FN2O2. The highest BCUT2D eigenvalue weighted by Gasteiger charge is 2.18. The summed E-state index contributed by atoms with van der Waals surface area (Å²) in [4.78, 5) is 11.6. The fourth-order valence-electron chi connectivity index (χ4n) is 2.35. The molecule has 0 heterocycles. The van der Waals surface area contributed by atoms with Crippen LogP contribution in [0.15, 0.2) is 24.3 Å². The fourth-order valence-corrected chi connectivity index (χ4v) is 2.35. The van der Waals surface area contributed by atoms with Gasteiger partial charge in [0, 0.05) is 18.2 Å². The van der Waals surface area contributed by atoms with E-state index in [1.165, 1.54) is 12.1 Å². The van der Waals surface area contributed by atoms with Crippen LogP contribution >= 0.6 is 0 Å². The molecule has 1 fully saturated rings. The quantitative estimate of drug-likeness (QED) is 0.781. The number of carbonyl (C=O) groups is 1. The first-order valence-corrected chi connectivity index (χ1v) is 6.63. The topological polar surface area (TPSA) is 61.4 Å². The average molecular weight is 266 g/mol. The number of benzene rings is 1. The molecule has 1 atom stereocenters. The Morgan fingerprint density at radius 1 is 1.37 bits per heavy atom. The largest absolute Gasteiger partial charge is 0.386 e. The third-order valence-electron chi connectivity index (χ3n) is 3.41. The van der Waals surface area contributed by atoms with Crippen LogP contribution in [0.1, 0.15) is 37.4 Å². The molecule has 0 unspecified atom stereocenters. The Morgan fingerprint density at radius 3 is 2.74 bits per heavy atom. The average Bonchev–Trinajstić information content (AvgIpc) is 2.89. The number of rotatable bonds is 4. The molecule has 0 saturated heterocycles. The van der Waals surface area contributed by atoms with Gasteiger partial charge in [0.1, 0.15) is 5.82 Å². The highest BCUT2D eigenvalue weighted by Crippen LogP contribution is 2.18. The maximum atomic E-state index is 13.4. The lowest BCUT2D eigenvalue weighted by Crippen LogP contribution is -2.42. The van der Waals surface area contributed by atoms with Crippen LogP contribution in [-0.2, 0) is 0 Å². The lowest BCUT2D eigenvalue weighted by Gasteiger charge is -2.16. The molecule has 2 rings (SSSR count). The van der Waals surface area contributed by atoms with Crippen molar-refractivity contribution >= 4 is 6.03 Å². The van der Waals surface area contributed by atoms with E-state index in [9.17, 15) is 14.3 Å². The zero-order chi connectivity index (χ0) is 13.7. The van der Waals surface area contributed by atoms with E-state index in [1.807, 2.05) is 0 Å². The first-order valence-electron chi connectivity index (χ1n) is 6.63. The van der Waals surface area contributed by atoms with Gasteiger partial charge in [-0.3, -0.25) is 0 Å². The molecule has 3 N–H and O–H groups in total. The van der Waals surface area contributed by atoms with Gasteiger partial charge in [-0.2, -0.15) is 0 Å². The van der Waals surface area contributed by atoms with E-state index < -0.39 is 11.9 Å². The minimum atomic E-state index is -1.03. The maximum absolute atomic E-state index is 13.4. The van der Waals surface area contributed by atoms with Crippen molar-refractivity contribution in [2.75, 3.05) is 6.54 Å². The van der Waals surface area contributed by atoms with Crippen molar-refractivity contribution in [2.45, 2.75) is 37.8 Å². The van der Waals surface area contributed by atoms with Crippen molar-refractivity contribution < 1.29 is 14.3 Å². The number of aliphatic hydroxyl groups is 1. The monoisotopic (exact) mass is 266 g/mol. The van der Waals surface area contributed by atoms with E-state index in [4.69, 9.17) is 0 Å². The van der Waals surface area contributed by atoms with Gasteiger partial charge in [-0.15, -0.1) is 0 Å². The Bertz CT molecular complexity index is 433. The van der Waals surface area contributed by atoms with Gasteiger partial charge < -0.3 is 15.7 Å². The SMILES string of the molecule is O=C(NC[C@H](O)c1ccccc1F)NC1CCCC1. The second-order valence-corrected chi connectivity index (χ2v) is 4.87. The molecule has 104 valence electrons.